The van der Waals surface area contributed by atoms with Gasteiger partial charge in [-0.25, -0.2) is 8.42 Å². The fourth-order valence-electron chi connectivity index (χ4n) is 3.80. The molecule has 3 rings (SSSR count). The fraction of sp³-hybridized carbons (Fsp3) is 0.632. The Morgan fingerprint density at radius 2 is 1.73 bits per heavy atom. The summed E-state index contributed by atoms with van der Waals surface area (Å²) in [5, 5.41) is 3.33. The van der Waals surface area contributed by atoms with E-state index < -0.39 is 10.0 Å². The van der Waals surface area contributed by atoms with Gasteiger partial charge in [-0.3, -0.25) is 4.99 Å². The van der Waals surface area contributed by atoms with Gasteiger partial charge < -0.3 is 11.1 Å². The number of sulfonamides is 1. The van der Waals surface area contributed by atoms with Gasteiger partial charge in [-0.05, 0) is 43.7 Å². The van der Waals surface area contributed by atoms with Crippen LogP contribution in [0.3, 0.4) is 0 Å². The Balaban J connectivity index is 1.47. The van der Waals surface area contributed by atoms with Gasteiger partial charge in [0.2, 0.25) is 10.0 Å². The molecule has 1 saturated carbocycles. The monoisotopic (exact) mass is 378 g/mol. The number of aliphatic imine (C=N–C) groups is 1. The third kappa shape index (κ3) is 4.98. The van der Waals surface area contributed by atoms with Crippen molar-refractivity contribution in [2.45, 2.75) is 55.9 Å². The second-order valence-electron chi connectivity index (χ2n) is 7.37. The molecule has 0 atom stereocenters. The highest BCUT2D eigenvalue weighted by molar-refractivity contribution is 7.89. The Hall–Kier alpha value is -1.60. The molecule has 0 unspecified atom stereocenters. The predicted molar refractivity (Wildman–Crippen MR) is 104 cm³/mol. The number of hydrogen-bond acceptors (Lipinski definition) is 3. The molecule has 2 aliphatic rings. The summed E-state index contributed by atoms with van der Waals surface area (Å²) >= 11 is 0. The number of hydrogen-bond donors (Lipinski definition) is 2. The number of guanidine groups is 1. The zero-order valence-electron chi connectivity index (χ0n) is 15.3. The number of benzene rings is 1. The maximum Gasteiger partial charge on any atom is 0.243 e. The summed E-state index contributed by atoms with van der Waals surface area (Å²) in [7, 11) is -3.38. The van der Waals surface area contributed by atoms with Crippen LogP contribution in [0.15, 0.2) is 40.2 Å². The molecule has 0 aromatic heterocycles. The highest BCUT2D eigenvalue weighted by Gasteiger charge is 2.29. The zero-order chi connectivity index (χ0) is 18.4. The Bertz CT molecular complexity index is 692. The largest absolute Gasteiger partial charge is 0.370 e. The molecule has 1 aromatic carbocycles. The second-order valence-corrected chi connectivity index (χ2v) is 9.30. The second kappa shape index (κ2) is 8.86. The van der Waals surface area contributed by atoms with Crippen LogP contribution >= 0.6 is 0 Å². The summed E-state index contributed by atoms with van der Waals surface area (Å²) in [6.45, 7) is 1.77. The highest BCUT2D eigenvalue weighted by Crippen LogP contribution is 2.24. The minimum Gasteiger partial charge on any atom is -0.370 e. The van der Waals surface area contributed by atoms with Crippen molar-refractivity contribution in [3.63, 3.8) is 0 Å². The van der Waals surface area contributed by atoms with Crippen molar-refractivity contribution in [1.29, 1.82) is 0 Å². The Morgan fingerprint density at radius 3 is 2.38 bits per heavy atom. The summed E-state index contributed by atoms with van der Waals surface area (Å²) in [5.74, 6) is 0.931. The molecule has 0 bridgehead atoms. The fourth-order valence-corrected chi connectivity index (χ4v) is 5.29. The molecule has 1 saturated heterocycles. The third-order valence-electron chi connectivity index (χ3n) is 5.43. The van der Waals surface area contributed by atoms with E-state index in [9.17, 15) is 8.42 Å². The smallest absolute Gasteiger partial charge is 0.243 e. The first-order valence-electron chi connectivity index (χ1n) is 9.67. The van der Waals surface area contributed by atoms with Gasteiger partial charge in [-0.1, -0.05) is 37.5 Å². The van der Waals surface area contributed by atoms with E-state index in [4.69, 9.17) is 5.73 Å². The molecule has 1 aliphatic heterocycles. The lowest BCUT2D eigenvalue weighted by atomic mass is 9.96. The van der Waals surface area contributed by atoms with Crippen LogP contribution in [0.4, 0.5) is 0 Å². The molecule has 0 spiro atoms. The van der Waals surface area contributed by atoms with E-state index in [0.29, 0.717) is 42.4 Å². The Kier molecular flexibility index (Phi) is 6.53. The van der Waals surface area contributed by atoms with Crippen molar-refractivity contribution in [3.05, 3.63) is 30.3 Å². The molecule has 26 heavy (non-hydrogen) atoms. The van der Waals surface area contributed by atoms with Crippen LogP contribution in [0.25, 0.3) is 0 Å². The Labute approximate surface area is 156 Å². The van der Waals surface area contributed by atoms with E-state index in [0.717, 1.165) is 12.8 Å². The molecular weight excluding hydrogens is 348 g/mol. The van der Waals surface area contributed by atoms with Crippen LogP contribution in [-0.2, 0) is 10.0 Å². The van der Waals surface area contributed by atoms with Crippen LogP contribution < -0.4 is 11.1 Å². The summed E-state index contributed by atoms with van der Waals surface area (Å²) in [4.78, 5) is 4.88. The molecule has 144 valence electrons. The lowest BCUT2D eigenvalue weighted by molar-refractivity contribution is 0.278. The minimum atomic E-state index is -3.38. The number of nitrogens with one attached hydrogen (secondary N) is 1. The lowest BCUT2D eigenvalue weighted by Gasteiger charge is -2.30. The van der Waals surface area contributed by atoms with Gasteiger partial charge in [-0.15, -0.1) is 0 Å². The standard InChI is InChI=1S/C19H30N4O2S/c20-19(22-17-7-3-1-4-8-17)21-15-16-11-13-23(14-12-16)26(24,25)18-9-5-2-6-10-18/h2,5-6,9-10,16-17H,1,3-4,7-8,11-15H2,(H3,20,21,22). The van der Waals surface area contributed by atoms with Crippen LogP contribution in [0.1, 0.15) is 44.9 Å². The summed E-state index contributed by atoms with van der Waals surface area (Å²) in [6, 6.07) is 9.12. The number of nitrogens with zero attached hydrogens (tertiary/aromatic N) is 2. The molecule has 3 N–H and O–H groups in total. The van der Waals surface area contributed by atoms with Crippen molar-refractivity contribution in [2.75, 3.05) is 19.6 Å². The van der Waals surface area contributed by atoms with Crippen molar-refractivity contribution < 1.29 is 8.42 Å². The topological polar surface area (TPSA) is 87.8 Å². The Morgan fingerprint density at radius 1 is 1.08 bits per heavy atom. The summed E-state index contributed by atoms with van der Waals surface area (Å²) in [5.41, 5.74) is 6.03. The quantitative estimate of drug-likeness (QED) is 0.608. The number of nitrogens with two attached hydrogens (primary N) is 1. The zero-order valence-corrected chi connectivity index (χ0v) is 16.1. The minimum absolute atomic E-state index is 0.373. The summed E-state index contributed by atoms with van der Waals surface area (Å²) in [6.07, 6.45) is 7.84. The van der Waals surface area contributed by atoms with Crippen molar-refractivity contribution in [2.24, 2.45) is 16.6 Å². The van der Waals surface area contributed by atoms with Gasteiger partial charge in [0.25, 0.3) is 0 Å². The SMILES string of the molecule is NC(=NCC1CCN(S(=O)(=O)c2ccccc2)CC1)NC1CCCCC1. The van der Waals surface area contributed by atoms with Crippen molar-refractivity contribution in [3.8, 4) is 0 Å². The molecule has 1 aliphatic carbocycles. The van der Waals surface area contributed by atoms with Crippen LogP contribution in [0.5, 0.6) is 0 Å². The molecule has 1 heterocycles. The van der Waals surface area contributed by atoms with Crippen molar-refractivity contribution >= 4 is 16.0 Å². The highest BCUT2D eigenvalue weighted by atomic mass is 32.2. The first-order chi connectivity index (χ1) is 12.6. The number of rotatable bonds is 5. The molecule has 0 amide bonds. The van der Waals surface area contributed by atoms with E-state index >= 15 is 0 Å². The van der Waals surface area contributed by atoms with E-state index in [1.54, 1.807) is 28.6 Å². The van der Waals surface area contributed by atoms with Gasteiger partial charge in [0.1, 0.15) is 0 Å². The van der Waals surface area contributed by atoms with Crippen molar-refractivity contribution in [1.82, 2.24) is 9.62 Å². The van der Waals surface area contributed by atoms with Gasteiger partial charge in [0, 0.05) is 25.7 Å². The van der Waals surface area contributed by atoms with E-state index in [1.165, 1.54) is 32.1 Å². The first-order valence-corrected chi connectivity index (χ1v) is 11.1. The van der Waals surface area contributed by atoms with E-state index in [1.807, 2.05) is 6.07 Å². The normalized spacial score (nSPS) is 21.6. The predicted octanol–water partition coefficient (Wildman–Crippen LogP) is 2.32. The third-order valence-corrected chi connectivity index (χ3v) is 7.34. The van der Waals surface area contributed by atoms with Crippen LogP contribution in [0.2, 0.25) is 0 Å². The molecule has 1 aromatic rings. The van der Waals surface area contributed by atoms with Gasteiger partial charge in [0.15, 0.2) is 5.96 Å². The summed E-state index contributed by atoms with van der Waals surface area (Å²) < 4.78 is 26.9. The number of piperidine rings is 1. The molecule has 6 nitrogen and oxygen atoms in total. The van der Waals surface area contributed by atoms with Gasteiger partial charge in [-0.2, -0.15) is 4.31 Å². The van der Waals surface area contributed by atoms with Crippen LogP contribution in [0, 0.1) is 5.92 Å². The van der Waals surface area contributed by atoms with Gasteiger partial charge >= 0.3 is 0 Å². The molecule has 7 heteroatoms. The molecule has 2 fully saturated rings. The average molecular weight is 379 g/mol. The maximum absolute atomic E-state index is 12.6. The first kappa shape index (κ1) is 19.2. The average Bonchev–Trinajstić information content (AvgIpc) is 2.68. The maximum atomic E-state index is 12.6. The molecule has 0 radical (unpaired) electrons. The molecular formula is C19H30N4O2S. The van der Waals surface area contributed by atoms with E-state index in [-0.39, 0.29) is 0 Å². The van der Waals surface area contributed by atoms with Crippen LogP contribution in [-0.4, -0.2) is 44.4 Å². The lowest BCUT2D eigenvalue weighted by Crippen LogP contribution is -2.42. The van der Waals surface area contributed by atoms with Gasteiger partial charge in [0.05, 0.1) is 4.90 Å². The van der Waals surface area contributed by atoms with E-state index in [2.05, 4.69) is 10.3 Å².